The van der Waals surface area contributed by atoms with Crippen molar-refractivity contribution in [1.82, 2.24) is 0 Å². The van der Waals surface area contributed by atoms with Gasteiger partial charge in [0.2, 0.25) is 0 Å². The molecule has 86 valence electrons. The van der Waals surface area contributed by atoms with E-state index in [0.29, 0.717) is 17.4 Å². The number of hydrogen-bond donors (Lipinski definition) is 0. The van der Waals surface area contributed by atoms with Crippen molar-refractivity contribution in [3.05, 3.63) is 28.8 Å². The minimum absolute atomic E-state index is 0.241. The Kier molecular flexibility index (Phi) is 3.26. The highest BCUT2D eigenvalue weighted by Gasteiger charge is 2.31. The summed E-state index contributed by atoms with van der Waals surface area (Å²) in [6.07, 6.45) is -0.611. The molecule has 1 aliphatic rings. The van der Waals surface area contributed by atoms with Gasteiger partial charge in [0.05, 0.1) is 12.4 Å². The molecule has 1 aromatic rings. The number of nitrogens with zero attached hydrogens (tertiary/aromatic N) is 1. The average Bonchev–Trinajstić information content (AvgIpc) is 2.64. The quantitative estimate of drug-likeness (QED) is 0.764. The number of cyclic esters (lactones) is 1. The molecule has 0 bridgehead atoms. The molecule has 1 amide bonds. The highest BCUT2D eigenvalue weighted by molar-refractivity contribution is 6.31. The number of halogens is 2. The molecule has 1 saturated heterocycles. The minimum atomic E-state index is -0.370. The number of aryl methyl sites for hydroxylation is 1. The molecule has 0 radical (unpaired) electrons. The third-order valence-corrected chi connectivity index (χ3v) is 3.26. The first-order chi connectivity index (χ1) is 7.61. The third-order valence-electron chi connectivity index (χ3n) is 2.51. The van der Waals surface area contributed by atoms with E-state index in [1.54, 1.807) is 11.0 Å². The first-order valence-electron chi connectivity index (χ1n) is 4.92. The van der Waals surface area contributed by atoms with Crippen molar-refractivity contribution in [2.75, 3.05) is 17.3 Å². The fourth-order valence-corrected chi connectivity index (χ4v) is 1.90. The lowest BCUT2D eigenvalue weighted by Crippen LogP contribution is -2.24. The lowest BCUT2D eigenvalue weighted by Gasteiger charge is -2.13. The Balaban J connectivity index is 2.24. The lowest BCUT2D eigenvalue weighted by atomic mass is 10.2. The molecular formula is C11H11Cl2NO2. The number of hydrogen-bond acceptors (Lipinski definition) is 2. The molecule has 1 atom stereocenters. The number of amides is 1. The molecule has 2 rings (SSSR count). The van der Waals surface area contributed by atoms with E-state index < -0.39 is 0 Å². The van der Waals surface area contributed by atoms with Gasteiger partial charge in [0.15, 0.2) is 0 Å². The van der Waals surface area contributed by atoms with Gasteiger partial charge in [-0.05, 0) is 24.6 Å². The van der Waals surface area contributed by atoms with Gasteiger partial charge < -0.3 is 4.74 Å². The minimum Gasteiger partial charge on any atom is -0.443 e. The Labute approximate surface area is 104 Å². The van der Waals surface area contributed by atoms with Crippen LogP contribution in [-0.2, 0) is 4.74 Å². The van der Waals surface area contributed by atoms with Crippen LogP contribution in [0.5, 0.6) is 0 Å². The van der Waals surface area contributed by atoms with Gasteiger partial charge in [-0.2, -0.15) is 0 Å². The van der Waals surface area contributed by atoms with Crippen molar-refractivity contribution in [1.29, 1.82) is 0 Å². The molecule has 3 nitrogen and oxygen atoms in total. The van der Waals surface area contributed by atoms with Crippen LogP contribution in [0.3, 0.4) is 0 Å². The second-order valence-electron chi connectivity index (χ2n) is 3.70. The van der Waals surface area contributed by atoms with E-state index in [1.165, 1.54) is 0 Å². The van der Waals surface area contributed by atoms with Crippen LogP contribution < -0.4 is 4.90 Å². The SMILES string of the molecule is Cc1ccc(N2CC(CCl)OC2=O)cc1Cl. The molecule has 16 heavy (non-hydrogen) atoms. The van der Waals surface area contributed by atoms with E-state index in [1.807, 2.05) is 19.1 Å². The molecule has 0 N–H and O–H groups in total. The normalized spacial score (nSPS) is 20.1. The van der Waals surface area contributed by atoms with Crippen LogP contribution >= 0.6 is 23.2 Å². The molecule has 0 aliphatic carbocycles. The molecule has 1 fully saturated rings. The number of rotatable bonds is 2. The monoisotopic (exact) mass is 259 g/mol. The number of anilines is 1. The van der Waals surface area contributed by atoms with Crippen LogP contribution in [0.4, 0.5) is 10.5 Å². The number of carbonyl (C=O) groups is 1. The smallest absolute Gasteiger partial charge is 0.414 e. The maximum Gasteiger partial charge on any atom is 0.414 e. The van der Waals surface area contributed by atoms with E-state index in [-0.39, 0.29) is 12.2 Å². The molecule has 1 heterocycles. The average molecular weight is 260 g/mol. The van der Waals surface area contributed by atoms with Crippen molar-refractivity contribution >= 4 is 35.0 Å². The summed E-state index contributed by atoms with van der Waals surface area (Å²) in [5.74, 6) is 0.307. The number of alkyl halides is 1. The topological polar surface area (TPSA) is 29.5 Å². The van der Waals surface area contributed by atoms with Crippen molar-refractivity contribution in [3.63, 3.8) is 0 Å². The van der Waals surface area contributed by atoms with Crippen molar-refractivity contribution in [3.8, 4) is 0 Å². The van der Waals surface area contributed by atoms with Crippen LogP contribution in [0.15, 0.2) is 18.2 Å². The zero-order chi connectivity index (χ0) is 11.7. The van der Waals surface area contributed by atoms with Crippen LogP contribution in [0.2, 0.25) is 5.02 Å². The second kappa shape index (κ2) is 4.52. The fourth-order valence-electron chi connectivity index (χ4n) is 1.56. The van der Waals surface area contributed by atoms with Gasteiger partial charge in [-0.1, -0.05) is 17.7 Å². The Bertz CT molecular complexity index is 422. The molecule has 0 spiro atoms. The predicted molar refractivity (Wildman–Crippen MR) is 64.5 cm³/mol. The highest BCUT2D eigenvalue weighted by atomic mass is 35.5. The molecule has 0 saturated carbocycles. The lowest BCUT2D eigenvalue weighted by molar-refractivity contribution is 0.151. The van der Waals surface area contributed by atoms with Crippen LogP contribution in [-0.4, -0.2) is 24.6 Å². The summed E-state index contributed by atoms with van der Waals surface area (Å²) < 4.78 is 5.06. The highest BCUT2D eigenvalue weighted by Crippen LogP contribution is 2.26. The van der Waals surface area contributed by atoms with Crippen LogP contribution in [0, 0.1) is 6.92 Å². The van der Waals surface area contributed by atoms with Crippen molar-refractivity contribution in [2.24, 2.45) is 0 Å². The number of benzene rings is 1. The van der Waals surface area contributed by atoms with Gasteiger partial charge in [0.25, 0.3) is 0 Å². The zero-order valence-electron chi connectivity index (χ0n) is 8.74. The summed E-state index contributed by atoms with van der Waals surface area (Å²) in [6, 6.07) is 5.48. The van der Waals surface area contributed by atoms with Gasteiger partial charge >= 0.3 is 6.09 Å². The van der Waals surface area contributed by atoms with Crippen LogP contribution in [0.25, 0.3) is 0 Å². The molecule has 5 heteroatoms. The Morgan fingerprint density at radius 3 is 2.88 bits per heavy atom. The standard InChI is InChI=1S/C11H11Cl2NO2/c1-7-2-3-8(4-10(7)13)14-6-9(5-12)16-11(14)15/h2-4,9H,5-6H2,1H3. The fraction of sp³-hybridized carbons (Fsp3) is 0.364. The molecular weight excluding hydrogens is 249 g/mol. The third kappa shape index (κ3) is 2.11. The van der Waals surface area contributed by atoms with E-state index in [4.69, 9.17) is 27.9 Å². The van der Waals surface area contributed by atoms with E-state index in [9.17, 15) is 4.79 Å². The predicted octanol–water partition coefficient (Wildman–Crippen LogP) is 3.21. The molecule has 1 aromatic carbocycles. The second-order valence-corrected chi connectivity index (χ2v) is 4.42. The molecule has 1 aliphatic heterocycles. The summed E-state index contributed by atoms with van der Waals surface area (Å²) in [5.41, 5.74) is 1.72. The first-order valence-corrected chi connectivity index (χ1v) is 5.83. The van der Waals surface area contributed by atoms with E-state index >= 15 is 0 Å². The Hall–Kier alpha value is -0.930. The number of ether oxygens (including phenoxy) is 1. The van der Waals surface area contributed by atoms with Gasteiger partial charge in [-0.3, -0.25) is 4.90 Å². The van der Waals surface area contributed by atoms with E-state index in [0.717, 1.165) is 11.3 Å². The summed E-state index contributed by atoms with van der Waals surface area (Å²) >= 11 is 11.7. The molecule has 1 unspecified atom stereocenters. The van der Waals surface area contributed by atoms with Gasteiger partial charge in [-0.25, -0.2) is 4.79 Å². The summed E-state index contributed by atoms with van der Waals surface area (Å²) in [7, 11) is 0. The summed E-state index contributed by atoms with van der Waals surface area (Å²) in [4.78, 5) is 13.1. The molecule has 0 aromatic heterocycles. The maximum absolute atomic E-state index is 11.5. The first kappa shape index (κ1) is 11.6. The van der Waals surface area contributed by atoms with Gasteiger partial charge in [0, 0.05) is 10.7 Å². The van der Waals surface area contributed by atoms with Crippen LogP contribution in [0.1, 0.15) is 5.56 Å². The largest absolute Gasteiger partial charge is 0.443 e. The Morgan fingerprint density at radius 2 is 2.31 bits per heavy atom. The van der Waals surface area contributed by atoms with Gasteiger partial charge in [-0.15, -0.1) is 11.6 Å². The van der Waals surface area contributed by atoms with E-state index in [2.05, 4.69) is 0 Å². The summed E-state index contributed by atoms with van der Waals surface area (Å²) in [5, 5.41) is 0.639. The summed E-state index contributed by atoms with van der Waals surface area (Å²) in [6.45, 7) is 2.39. The Morgan fingerprint density at radius 1 is 1.56 bits per heavy atom. The zero-order valence-corrected chi connectivity index (χ0v) is 10.3. The van der Waals surface area contributed by atoms with Crippen molar-refractivity contribution in [2.45, 2.75) is 13.0 Å². The van der Waals surface area contributed by atoms with Crippen molar-refractivity contribution < 1.29 is 9.53 Å². The number of carbonyl (C=O) groups excluding carboxylic acids is 1. The maximum atomic E-state index is 11.5. The van der Waals surface area contributed by atoms with Gasteiger partial charge in [0.1, 0.15) is 6.10 Å².